The van der Waals surface area contributed by atoms with Crippen molar-refractivity contribution in [2.45, 2.75) is 26.3 Å². The van der Waals surface area contributed by atoms with Crippen LogP contribution in [0.5, 0.6) is 0 Å². The summed E-state index contributed by atoms with van der Waals surface area (Å²) in [6.07, 6.45) is 2.29. The van der Waals surface area contributed by atoms with E-state index in [1.54, 1.807) is 35.1 Å². The Morgan fingerprint density at radius 1 is 1.20 bits per heavy atom. The SMILES string of the molecule is CC[C@H](C)n1c(-c2ccco2)nc2sc3ccccc3c(=O)c2c1=O. The van der Waals surface area contributed by atoms with Crippen molar-refractivity contribution in [1.82, 2.24) is 9.55 Å². The molecule has 0 N–H and O–H groups in total. The average Bonchev–Trinajstić information content (AvgIpc) is 3.15. The van der Waals surface area contributed by atoms with E-state index in [0.29, 0.717) is 21.8 Å². The molecule has 1 atom stereocenters. The number of furan rings is 1. The van der Waals surface area contributed by atoms with Crippen LogP contribution in [0.3, 0.4) is 0 Å². The van der Waals surface area contributed by atoms with Crippen molar-refractivity contribution in [3.63, 3.8) is 0 Å². The van der Waals surface area contributed by atoms with Gasteiger partial charge in [-0.1, -0.05) is 19.1 Å². The van der Waals surface area contributed by atoms with Crippen LogP contribution in [0.2, 0.25) is 0 Å². The van der Waals surface area contributed by atoms with Crippen molar-refractivity contribution < 1.29 is 4.42 Å². The van der Waals surface area contributed by atoms with Crippen LogP contribution in [-0.2, 0) is 0 Å². The maximum atomic E-state index is 13.2. The summed E-state index contributed by atoms with van der Waals surface area (Å²) >= 11 is 1.35. The Bertz CT molecular complexity index is 1190. The van der Waals surface area contributed by atoms with Gasteiger partial charge in [-0.05, 0) is 37.6 Å². The lowest BCUT2D eigenvalue weighted by Gasteiger charge is -2.17. The lowest BCUT2D eigenvalue weighted by Crippen LogP contribution is -2.29. The molecule has 1 aromatic carbocycles. The molecule has 0 amide bonds. The number of hydrogen-bond donors (Lipinski definition) is 0. The fraction of sp³-hybridized carbons (Fsp3) is 0.211. The highest BCUT2D eigenvalue weighted by atomic mass is 32.1. The zero-order chi connectivity index (χ0) is 17.6. The highest BCUT2D eigenvalue weighted by molar-refractivity contribution is 7.24. The molecule has 126 valence electrons. The molecule has 4 rings (SSSR count). The smallest absolute Gasteiger partial charge is 0.266 e. The average molecular weight is 352 g/mol. The van der Waals surface area contributed by atoms with Crippen molar-refractivity contribution in [3.8, 4) is 11.6 Å². The van der Waals surface area contributed by atoms with Crippen molar-refractivity contribution in [1.29, 1.82) is 0 Å². The third-order valence-electron chi connectivity index (χ3n) is 4.42. The summed E-state index contributed by atoms with van der Waals surface area (Å²) in [4.78, 5) is 31.2. The van der Waals surface area contributed by atoms with Crippen molar-refractivity contribution >= 4 is 31.6 Å². The Kier molecular flexibility index (Phi) is 3.77. The van der Waals surface area contributed by atoms with Crippen LogP contribution in [-0.4, -0.2) is 9.55 Å². The van der Waals surface area contributed by atoms with Crippen LogP contribution in [0.15, 0.2) is 56.7 Å². The second-order valence-electron chi connectivity index (χ2n) is 5.95. The lowest BCUT2D eigenvalue weighted by atomic mass is 10.2. The third kappa shape index (κ3) is 2.41. The molecule has 6 heteroatoms. The van der Waals surface area contributed by atoms with Gasteiger partial charge in [0.1, 0.15) is 10.2 Å². The monoisotopic (exact) mass is 352 g/mol. The first-order valence-electron chi connectivity index (χ1n) is 8.13. The molecule has 0 unspecified atom stereocenters. The minimum absolute atomic E-state index is 0.0969. The number of fused-ring (bicyclic) bond motifs is 2. The summed E-state index contributed by atoms with van der Waals surface area (Å²) < 4.78 is 7.87. The van der Waals surface area contributed by atoms with Gasteiger partial charge >= 0.3 is 0 Å². The first-order valence-corrected chi connectivity index (χ1v) is 8.95. The maximum Gasteiger partial charge on any atom is 0.266 e. The van der Waals surface area contributed by atoms with Gasteiger partial charge in [0.2, 0.25) is 5.43 Å². The Hall–Kier alpha value is -2.73. The Morgan fingerprint density at radius 2 is 2.00 bits per heavy atom. The van der Waals surface area contributed by atoms with E-state index in [9.17, 15) is 9.59 Å². The molecule has 4 aromatic rings. The predicted octanol–water partition coefficient (Wildman–Crippen LogP) is 4.20. The van der Waals surface area contributed by atoms with Gasteiger partial charge in [0.05, 0.1) is 6.26 Å². The lowest BCUT2D eigenvalue weighted by molar-refractivity contribution is 0.500. The quantitative estimate of drug-likeness (QED) is 0.518. The molecule has 0 bridgehead atoms. The summed E-state index contributed by atoms with van der Waals surface area (Å²) in [5, 5.41) is 0.708. The zero-order valence-corrected chi connectivity index (χ0v) is 14.7. The summed E-state index contributed by atoms with van der Waals surface area (Å²) in [5.74, 6) is 0.981. The molecular formula is C19H16N2O3S. The first-order chi connectivity index (χ1) is 12.1. The zero-order valence-electron chi connectivity index (χ0n) is 13.9. The van der Waals surface area contributed by atoms with E-state index in [4.69, 9.17) is 4.42 Å². The third-order valence-corrected chi connectivity index (χ3v) is 5.49. The molecule has 0 saturated heterocycles. The van der Waals surface area contributed by atoms with Crippen LogP contribution >= 0.6 is 11.3 Å². The minimum Gasteiger partial charge on any atom is -0.461 e. The normalized spacial score (nSPS) is 12.7. The second kappa shape index (κ2) is 5.97. The van der Waals surface area contributed by atoms with Crippen molar-refractivity contribution in [2.75, 3.05) is 0 Å². The topological polar surface area (TPSA) is 65.1 Å². The molecule has 0 aliphatic heterocycles. The van der Waals surface area contributed by atoms with Crippen molar-refractivity contribution in [2.24, 2.45) is 0 Å². The summed E-state index contributed by atoms with van der Waals surface area (Å²) in [5.41, 5.74) is -0.567. The molecule has 25 heavy (non-hydrogen) atoms. The molecule has 0 aliphatic rings. The molecule has 5 nitrogen and oxygen atoms in total. The number of nitrogens with zero attached hydrogens (tertiary/aromatic N) is 2. The van der Waals surface area contributed by atoms with E-state index >= 15 is 0 Å². The van der Waals surface area contributed by atoms with Crippen LogP contribution < -0.4 is 11.0 Å². The Balaban J connectivity index is 2.21. The summed E-state index contributed by atoms with van der Waals surface area (Å²) in [6, 6.07) is 10.7. The number of rotatable bonds is 3. The molecule has 0 radical (unpaired) electrons. The van der Waals surface area contributed by atoms with Gasteiger partial charge in [0.15, 0.2) is 11.6 Å². The molecule has 0 fully saturated rings. The number of aromatic nitrogens is 2. The van der Waals surface area contributed by atoms with E-state index in [0.717, 1.165) is 11.1 Å². The van der Waals surface area contributed by atoms with Crippen LogP contribution in [0.25, 0.3) is 31.9 Å². The predicted molar refractivity (Wildman–Crippen MR) is 100 cm³/mol. The van der Waals surface area contributed by atoms with E-state index in [1.807, 2.05) is 26.0 Å². The van der Waals surface area contributed by atoms with Crippen LogP contribution in [0.4, 0.5) is 0 Å². The van der Waals surface area contributed by atoms with E-state index in [1.165, 1.54) is 11.3 Å². The van der Waals surface area contributed by atoms with Gasteiger partial charge in [-0.15, -0.1) is 11.3 Å². The number of benzene rings is 1. The second-order valence-corrected chi connectivity index (χ2v) is 6.98. The fourth-order valence-electron chi connectivity index (χ4n) is 2.94. The molecular weight excluding hydrogens is 336 g/mol. The van der Waals surface area contributed by atoms with Gasteiger partial charge in [-0.3, -0.25) is 14.2 Å². The summed E-state index contributed by atoms with van der Waals surface area (Å²) in [7, 11) is 0. The van der Waals surface area contributed by atoms with Gasteiger partial charge in [-0.2, -0.15) is 0 Å². The first kappa shape index (κ1) is 15.8. The molecule has 0 aliphatic carbocycles. The summed E-state index contributed by atoms with van der Waals surface area (Å²) in [6.45, 7) is 3.94. The van der Waals surface area contributed by atoms with Gasteiger partial charge in [-0.25, -0.2) is 4.98 Å². The molecule has 3 aromatic heterocycles. The van der Waals surface area contributed by atoms with Gasteiger partial charge in [0.25, 0.3) is 5.56 Å². The van der Waals surface area contributed by atoms with Crippen LogP contribution in [0.1, 0.15) is 26.3 Å². The Morgan fingerprint density at radius 3 is 2.72 bits per heavy atom. The highest BCUT2D eigenvalue weighted by Gasteiger charge is 2.21. The molecule has 0 saturated carbocycles. The van der Waals surface area contributed by atoms with E-state index < -0.39 is 0 Å². The van der Waals surface area contributed by atoms with E-state index in [2.05, 4.69) is 4.98 Å². The minimum atomic E-state index is -0.308. The van der Waals surface area contributed by atoms with Crippen LogP contribution in [0, 0.1) is 0 Å². The fourth-order valence-corrected chi connectivity index (χ4v) is 3.98. The van der Waals surface area contributed by atoms with Gasteiger partial charge < -0.3 is 4.42 Å². The maximum absolute atomic E-state index is 13.2. The standard InChI is InChI=1S/C19H16N2O3S/c1-3-11(2)21-17(13-8-6-10-24-13)20-18-15(19(21)23)16(22)12-7-4-5-9-14(12)25-18/h4-11H,3H2,1-2H3/t11-/m0/s1. The van der Waals surface area contributed by atoms with E-state index in [-0.39, 0.29) is 22.4 Å². The highest BCUT2D eigenvalue weighted by Crippen LogP contribution is 2.26. The number of hydrogen-bond acceptors (Lipinski definition) is 5. The molecule has 3 heterocycles. The van der Waals surface area contributed by atoms with Crippen molar-refractivity contribution in [3.05, 3.63) is 63.2 Å². The molecule has 0 spiro atoms. The van der Waals surface area contributed by atoms with Gasteiger partial charge in [0, 0.05) is 16.1 Å². The largest absolute Gasteiger partial charge is 0.461 e. The Labute approximate surface area is 147 Å².